The molecule has 5 rings (SSSR count). The van der Waals surface area contributed by atoms with Gasteiger partial charge in [-0.05, 0) is 56.3 Å². The SMILES string of the molecule is Cc1ccc(Nc2ccc3c(c2)ncn3-c2ccc(C(C)O)c(C3=CNC(O)C=C3C(F)(F)F)n2)nn1. The van der Waals surface area contributed by atoms with Crippen molar-refractivity contribution < 1.29 is 23.4 Å². The van der Waals surface area contributed by atoms with Crippen molar-refractivity contribution in [3.05, 3.63) is 83.6 Å². The number of nitrogens with zero attached hydrogens (tertiary/aromatic N) is 5. The van der Waals surface area contributed by atoms with Crippen LogP contribution in [0.25, 0.3) is 22.4 Å². The van der Waals surface area contributed by atoms with Crippen LogP contribution in [0, 0.1) is 6.92 Å². The van der Waals surface area contributed by atoms with Crippen LogP contribution in [0.15, 0.2) is 66.6 Å². The van der Waals surface area contributed by atoms with E-state index in [1.807, 2.05) is 19.1 Å². The summed E-state index contributed by atoms with van der Waals surface area (Å²) < 4.78 is 43.1. The number of aliphatic hydroxyl groups is 2. The van der Waals surface area contributed by atoms with Crippen molar-refractivity contribution in [2.75, 3.05) is 5.32 Å². The third-order valence-electron chi connectivity index (χ3n) is 5.80. The standard InChI is InChI=1S/C25H22F3N7O2/c1-13-3-7-21(34-33-13)31-15-4-6-20-19(9-15)30-12-35(20)22-8-5-16(14(2)36)24(32-22)17-11-29-23(37)10-18(17)25(26,27)28/h3-12,14,23,29,36-37H,1-2H3,(H,31,34). The smallest absolute Gasteiger partial charge is 0.389 e. The molecule has 9 nitrogen and oxygen atoms in total. The Morgan fingerprint density at radius 2 is 1.92 bits per heavy atom. The van der Waals surface area contributed by atoms with Crippen LogP contribution in [-0.2, 0) is 0 Å². The first-order valence-electron chi connectivity index (χ1n) is 11.3. The fourth-order valence-corrected chi connectivity index (χ4v) is 4.02. The summed E-state index contributed by atoms with van der Waals surface area (Å²) in [4.78, 5) is 8.92. The van der Waals surface area contributed by atoms with Gasteiger partial charge in [0.1, 0.15) is 18.4 Å². The molecule has 0 radical (unpaired) electrons. The van der Waals surface area contributed by atoms with Gasteiger partial charge in [-0.2, -0.15) is 18.3 Å². The number of aryl methyl sites for hydroxylation is 1. The van der Waals surface area contributed by atoms with Gasteiger partial charge in [-0.15, -0.1) is 5.10 Å². The molecular formula is C25H22F3N7O2. The Labute approximate surface area is 209 Å². The predicted octanol–water partition coefficient (Wildman–Crippen LogP) is 4.07. The summed E-state index contributed by atoms with van der Waals surface area (Å²) in [6, 6.07) is 12.2. The van der Waals surface area contributed by atoms with Gasteiger partial charge in [0.25, 0.3) is 0 Å². The van der Waals surface area contributed by atoms with Gasteiger partial charge in [-0.3, -0.25) is 4.57 Å². The van der Waals surface area contributed by atoms with E-state index < -0.39 is 24.1 Å². The fraction of sp³-hybridized carbons (Fsp3) is 0.200. The maximum absolute atomic E-state index is 13.8. The van der Waals surface area contributed by atoms with E-state index in [0.717, 1.165) is 17.6 Å². The molecule has 0 spiro atoms. The molecule has 12 heteroatoms. The molecule has 2 atom stereocenters. The van der Waals surface area contributed by atoms with Crippen molar-refractivity contribution >= 4 is 28.1 Å². The van der Waals surface area contributed by atoms with Crippen molar-refractivity contribution in [3.63, 3.8) is 0 Å². The van der Waals surface area contributed by atoms with Crippen LogP contribution in [-0.4, -0.2) is 47.3 Å². The molecule has 1 aliphatic rings. The zero-order chi connectivity index (χ0) is 26.3. The van der Waals surface area contributed by atoms with Gasteiger partial charge in [0.05, 0.1) is 34.1 Å². The molecule has 37 heavy (non-hydrogen) atoms. The summed E-state index contributed by atoms with van der Waals surface area (Å²) >= 11 is 0. The number of fused-ring (bicyclic) bond motifs is 1. The maximum Gasteiger partial charge on any atom is 0.416 e. The molecule has 1 aromatic carbocycles. The molecule has 2 unspecified atom stereocenters. The monoisotopic (exact) mass is 509 g/mol. The number of hydrogen-bond donors (Lipinski definition) is 4. The largest absolute Gasteiger partial charge is 0.416 e. The van der Waals surface area contributed by atoms with E-state index in [0.29, 0.717) is 28.7 Å². The van der Waals surface area contributed by atoms with E-state index in [2.05, 4.69) is 30.8 Å². The molecule has 4 aromatic rings. The molecule has 4 N–H and O–H groups in total. The van der Waals surface area contributed by atoms with Crippen molar-refractivity contribution in [2.24, 2.45) is 0 Å². The van der Waals surface area contributed by atoms with Gasteiger partial charge >= 0.3 is 6.18 Å². The van der Waals surface area contributed by atoms with Gasteiger partial charge in [-0.25, -0.2) is 9.97 Å². The second-order valence-electron chi connectivity index (χ2n) is 8.53. The van der Waals surface area contributed by atoms with E-state index in [4.69, 9.17) is 0 Å². The number of allylic oxidation sites excluding steroid dienone is 2. The molecule has 3 aromatic heterocycles. The lowest BCUT2D eigenvalue weighted by Gasteiger charge is -2.24. The number of halogens is 3. The molecule has 0 fully saturated rings. The number of pyridine rings is 1. The Morgan fingerprint density at radius 1 is 1.11 bits per heavy atom. The highest BCUT2D eigenvalue weighted by Gasteiger charge is 2.39. The molecular weight excluding hydrogens is 487 g/mol. The lowest BCUT2D eigenvalue weighted by Crippen LogP contribution is -2.30. The Kier molecular flexibility index (Phi) is 6.13. The maximum atomic E-state index is 13.8. The summed E-state index contributed by atoms with van der Waals surface area (Å²) in [6.07, 6.45) is -4.07. The fourth-order valence-electron chi connectivity index (χ4n) is 4.02. The average molecular weight is 509 g/mol. The number of nitrogens with one attached hydrogen (secondary N) is 2. The highest BCUT2D eigenvalue weighted by Crippen LogP contribution is 2.39. The quantitative estimate of drug-likeness (QED) is 0.318. The zero-order valence-corrected chi connectivity index (χ0v) is 19.7. The number of aromatic nitrogens is 5. The summed E-state index contributed by atoms with van der Waals surface area (Å²) in [6.45, 7) is 3.29. The van der Waals surface area contributed by atoms with Crippen molar-refractivity contribution in [1.82, 2.24) is 30.0 Å². The van der Waals surface area contributed by atoms with Gasteiger partial charge in [0, 0.05) is 23.0 Å². The van der Waals surface area contributed by atoms with Crippen LogP contribution in [0.5, 0.6) is 0 Å². The predicted molar refractivity (Wildman–Crippen MR) is 131 cm³/mol. The molecule has 0 bridgehead atoms. The Morgan fingerprint density at radius 3 is 2.62 bits per heavy atom. The highest BCUT2D eigenvalue weighted by molar-refractivity contribution is 5.83. The van der Waals surface area contributed by atoms with Crippen LogP contribution in [0.2, 0.25) is 0 Å². The number of hydrogen-bond acceptors (Lipinski definition) is 8. The zero-order valence-electron chi connectivity index (χ0n) is 19.7. The minimum atomic E-state index is -4.74. The second kappa shape index (κ2) is 9.30. The summed E-state index contributed by atoms with van der Waals surface area (Å²) in [7, 11) is 0. The minimum absolute atomic E-state index is 0.0615. The van der Waals surface area contributed by atoms with E-state index in [9.17, 15) is 23.4 Å². The number of aliphatic hydroxyl groups excluding tert-OH is 2. The number of anilines is 2. The van der Waals surface area contributed by atoms with Gasteiger partial charge in [0.2, 0.25) is 0 Å². The first kappa shape index (κ1) is 24.4. The molecule has 4 heterocycles. The highest BCUT2D eigenvalue weighted by atomic mass is 19.4. The molecule has 0 aliphatic carbocycles. The number of rotatable bonds is 5. The summed E-state index contributed by atoms with van der Waals surface area (Å²) in [5, 5.41) is 33.7. The van der Waals surface area contributed by atoms with Crippen LogP contribution in [0.4, 0.5) is 24.7 Å². The van der Waals surface area contributed by atoms with Crippen molar-refractivity contribution in [1.29, 1.82) is 0 Å². The molecule has 1 aliphatic heterocycles. The van der Waals surface area contributed by atoms with Crippen LogP contribution in [0.3, 0.4) is 0 Å². The van der Waals surface area contributed by atoms with E-state index >= 15 is 0 Å². The minimum Gasteiger partial charge on any atom is -0.389 e. The van der Waals surface area contributed by atoms with Gasteiger partial charge < -0.3 is 20.8 Å². The first-order chi connectivity index (χ1) is 17.6. The van der Waals surface area contributed by atoms with Gasteiger partial charge in [-0.1, -0.05) is 6.07 Å². The Bertz CT molecular complexity index is 1530. The van der Waals surface area contributed by atoms with Crippen molar-refractivity contribution in [3.8, 4) is 5.82 Å². The third kappa shape index (κ3) is 4.88. The Balaban J connectivity index is 1.55. The lowest BCUT2D eigenvalue weighted by atomic mass is 9.94. The van der Waals surface area contributed by atoms with Crippen LogP contribution >= 0.6 is 0 Å². The van der Waals surface area contributed by atoms with Crippen LogP contribution < -0.4 is 10.6 Å². The summed E-state index contributed by atoms with van der Waals surface area (Å²) in [5.74, 6) is 0.873. The van der Waals surface area contributed by atoms with Gasteiger partial charge in [0.15, 0.2) is 5.82 Å². The lowest BCUT2D eigenvalue weighted by molar-refractivity contribution is -0.0884. The summed E-state index contributed by atoms with van der Waals surface area (Å²) in [5.41, 5.74) is 1.62. The Hall–Kier alpha value is -4.29. The first-order valence-corrected chi connectivity index (χ1v) is 11.3. The second-order valence-corrected chi connectivity index (χ2v) is 8.53. The number of benzene rings is 1. The average Bonchev–Trinajstić information content (AvgIpc) is 3.28. The van der Waals surface area contributed by atoms with E-state index in [1.165, 1.54) is 19.3 Å². The number of alkyl halides is 3. The number of imidazole rings is 1. The molecule has 0 saturated carbocycles. The normalized spacial score (nSPS) is 16.7. The van der Waals surface area contributed by atoms with E-state index in [1.54, 1.807) is 28.8 Å². The van der Waals surface area contributed by atoms with Crippen LogP contribution in [0.1, 0.15) is 30.0 Å². The van der Waals surface area contributed by atoms with Crippen molar-refractivity contribution in [2.45, 2.75) is 32.4 Å². The molecule has 0 saturated heterocycles. The third-order valence-corrected chi connectivity index (χ3v) is 5.80. The molecule has 0 amide bonds. The van der Waals surface area contributed by atoms with E-state index in [-0.39, 0.29) is 16.8 Å². The molecule has 190 valence electrons. The topological polar surface area (TPSA) is 121 Å². The number of dihydropyridines is 1.